The zero-order chi connectivity index (χ0) is 11.7. The number of hydrogen-bond acceptors (Lipinski definition) is 5. The van der Waals surface area contributed by atoms with Gasteiger partial charge in [-0.15, -0.1) is 0 Å². The van der Waals surface area contributed by atoms with Crippen molar-refractivity contribution in [1.29, 1.82) is 0 Å². The normalized spacial score (nSPS) is 12.9. The maximum absolute atomic E-state index is 10.7. The molecule has 0 bridgehead atoms. The third kappa shape index (κ3) is 2.06. The number of nitrogens with zero attached hydrogens (tertiary/aromatic N) is 2. The molecule has 0 aliphatic heterocycles. The number of carboxylic acid groups (broad SMARTS) is 1. The number of carbonyl (C=O) groups is 1. The summed E-state index contributed by atoms with van der Waals surface area (Å²) in [4.78, 5) is 10.7. The fourth-order valence-electron chi connectivity index (χ4n) is 1.38. The first-order chi connectivity index (χ1) is 7.59. The van der Waals surface area contributed by atoms with Gasteiger partial charge < -0.3 is 10.8 Å². The maximum atomic E-state index is 10.7. The van der Waals surface area contributed by atoms with Gasteiger partial charge in [-0.3, -0.25) is 4.79 Å². The molecule has 1 aromatic carbocycles. The molecule has 0 saturated heterocycles. The first kappa shape index (κ1) is 11.4. The number of benzene rings is 1. The van der Waals surface area contributed by atoms with Gasteiger partial charge in [0.15, 0.2) is 0 Å². The summed E-state index contributed by atoms with van der Waals surface area (Å²) in [5.74, 6) is -1.01. The molecule has 1 heterocycles. The Morgan fingerprint density at radius 3 is 2.88 bits per heavy atom. The Balaban J connectivity index is 2.42. The maximum Gasteiger partial charge on any atom is 0.320 e. The Morgan fingerprint density at radius 1 is 1.50 bits per heavy atom. The standard InChI is InChI=1S/C9H8BrN3O2S/c10-5-2-1-4(3-6(11)9(14)15)7-8(5)13-16-12-7/h1-2,6H,3,11H2,(H,14,15). The van der Waals surface area contributed by atoms with Gasteiger partial charge in [-0.2, -0.15) is 8.75 Å². The second-order valence-electron chi connectivity index (χ2n) is 3.32. The molecule has 1 atom stereocenters. The summed E-state index contributed by atoms with van der Waals surface area (Å²) in [6.45, 7) is 0. The van der Waals surface area contributed by atoms with Gasteiger partial charge >= 0.3 is 5.97 Å². The molecule has 2 aromatic rings. The summed E-state index contributed by atoms with van der Waals surface area (Å²) < 4.78 is 9.12. The van der Waals surface area contributed by atoms with Gasteiger partial charge in [0, 0.05) is 10.9 Å². The SMILES string of the molecule is NC(Cc1ccc(Br)c2nsnc12)C(=O)O. The minimum absolute atomic E-state index is 0.254. The summed E-state index contributed by atoms with van der Waals surface area (Å²) in [5, 5.41) is 8.75. The largest absolute Gasteiger partial charge is 0.480 e. The smallest absolute Gasteiger partial charge is 0.320 e. The van der Waals surface area contributed by atoms with E-state index in [-0.39, 0.29) is 6.42 Å². The minimum Gasteiger partial charge on any atom is -0.480 e. The Morgan fingerprint density at radius 2 is 2.19 bits per heavy atom. The van der Waals surface area contributed by atoms with Crippen molar-refractivity contribution in [3.63, 3.8) is 0 Å². The molecule has 0 aliphatic rings. The number of carboxylic acids is 1. The second kappa shape index (κ2) is 4.44. The van der Waals surface area contributed by atoms with E-state index in [1.165, 1.54) is 0 Å². The van der Waals surface area contributed by atoms with E-state index < -0.39 is 12.0 Å². The van der Waals surface area contributed by atoms with E-state index in [4.69, 9.17) is 10.8 Å². The highest BCUT2D eigenvalue weighted by atomic mass is 79.9. The van der Waals surface area contributed by atoms with Crippen molar-refractivity contribution in [1.82, 2.24) is 8.75 Å². The van der Waals surface area contributed by atoms with Crippen LogP contribution in [0.2, 0.25) is 0 Å². The predicted molar refractivity (Wildman–Crippen MR) is 64.4 cm³/mol. The van der Waals surface area contributed by atoms with Crippen LogP contribution in [-0.2, 0) is 11.2 Å². The highest BCUT2D eigenvalue weighted by Gasteiger charge is 2.16. The molecular formula is C9H8BrN3O2S. The quantitative estimate of drug-likeness (QED) is 0.895. The van der Waals surface area contributed by atoms with E-state index in [0.717, 1.165) is 32.8 Å². The third-order valence-corrected chi connectivity index (χ3v) is 3.38. The van der Waals surface area contributed by atoms with E-state index in [9.17, 15) is 4.79 Å². The van der Waals surface area contributed by atoms with Crippen molar-refractivity contribution in [2.75, 3.05) is 0 Å². The molecule has 3 N–H and O–H groups in total. The molecule has 0 radical (unpaired) electrons. The summed E-state index contributed by atoms with van der Waals surface area (Å²) in [5.41, 5.74) is 7.77. The van der Waals surface area contributed by atoms with Crippen LogP contribution in [0.25, 0.3) is 11.0 Å². The lowest BCUT2D eigenvalue weighted by atomic mass is 10.1. The van der Waals surface area contributed by atoms with Crippen molar-refractivity contribution >= 4 is 44.7 Å². The van der Waals surface area contributed by atoms with Crippen LogP contribution in [0.1, 0.15) is 5.56 Å². The van der Waals surface area contributed by atoms with Gasteiger partial charge in [-0.25, -0.2) is 0 Å². The lowest BCUT2D eigenvalue weighted by Gasteiger charge is -2.06. The Bertz CT molecular complexity index is 543. The van der Waals surface area contributed by atoms with Crippen LogP contribution in [0.3, 0.4) is 0 Å². The van der Waals surface area contributed by atoms with Crippen LogP contribution in [0.4, 0.5) is 0 Å². The molecule has 0 fully saturated rings. The van der Waals surface area contributed by atoms with E-state index in [1.54, 1.807) is 0 Å². The molecule has 1 unspecified atom stereocenters. The fraction of sp³-hybridized carbons (Fsp3) is 0.222. The number of fused-ring (bicyclic) bond motifs is 1. The van der Waals surface area contributed by atoms with Gasteiger partial charge in [0.05, 0.1) is 11.7 Å². The topological polar surface area (TPSA) is 89.1 Å². The van der Waals surface area contributed by atoms with Gasteiger partial charge in [-0.1, -0.05) is 6.07 Å². The second-order valence-corrected chi connectivity index (χ2v) is 4.70. The lowest BCUT2D eigenvalue weighted by Crippen LogP contribution is -2.32. The Labute approximate surface area is 104 Å². The molecule has 5 nitrogen and oxygen atoms in total. The summed E-state index contributed by atoms with van der Waals surface area (Å²) in [6, 6.07) is 2.73. The molecule has 0 aliphatic carbocycles. The molecule has 0 amide bonds. The van der Waals surface area contributed by atoms with Crippen LogP contribution in [-0.4, -0.2) is 25.9 Å². The van der Waals surface area contributed by atoms with Crippen molar-refractivity contribution in [2.45, 2.75) is 12.5 Å². The van der Waals surface area contributed by atoms with Crippen molar-refractivity contribution < 1.29 is 9.90 Å². The molecule has 7 heteroatoms. The van der Waals surface area contributed by atoms with Crippen molar-refractivity contribution in [2.24, 2.45) is 5.73 Å². The molecule has 0 spiro atoms. The molecule has 84 valence electrons. The highest BCUT2D eigenvalue weighted by molar-refractivity contribution is 9.10. The van der Waals surface area contributed by atoms with E-state index in [0.29, 0.717) is 0 Å². The fourth-order valence-corrected chi connectivity index (χ4v) is 2.50. The van der Waals surface area contributed by atoms with Gasteiger partial charge in [0.2, 0.25) is 0 Å². The molecule has 2 rings (SSSR count). The first-order valence-electron chi connectivity index (χ1n) is 4.47. The number of halogens is 1. The van der Waals surface area contributed by atoms with Crippen molar-refractivity contribution in [3.8, 4) is 0 Å². The molecule has 16 heavy (non-hydrogen) atoms. The zero-order valence-electron chi connectivity index (χ0n) is 8.05. The zero-order valence-corrected chi connectivity index (χ0v) is 10.5. The average molecular weight is 302 g/mol. The van der Waals surface area contributed by atoms with Crippen LogP contribution >= 0.6 is 27.7 Å². The summed E-state index contributed by atoms with van der Waals surface area (Å²) in [7, 11) is 0. The third-order valence-electron chi connectivity index (χ3n) is 2.21. The van der Waals surface area contributed by atoms with Gasteiger partial charge in [-0.05, 0) is 27.6 Å². The van der Waals surface area contributed by atoms with Crippen LogP contribution < -0.4 is 5.73 Å². The summed E-state index contributed by atoms with van der Waals surface area (Å²) >= 11 is 4.46. The van der Waals surface area contributed by atoms with Crippen LogP contribution in [0.5, 0.6) is 0 Å². The molecule has 0 saturated carbocycles. The Hall–Kier alpha value is -1.05. The number of nitrogens with two attached hydrogens (primary N) is 1. The number of hydrogen-bond donors (Lipinski definition) is 2. The van der Waals surface area contributed by atoms with E-state index in [1.807, 2.05) is 12.1 Å². The minimum atomic E-state index is -1.01. The average Bonchev–Trinajstić information content (AvgIpc) is 2.71. The van der Waals surface area contributed by atoms with Gasteiger partial charge in [0.1, 0.15) is 17.1 Å². The van der Waals surface area contributed by atoms with E-state index >= 15 is 0 Å². The van der Waals surface area contributed by atoms with E-state index in [2.05, 4.69) is 24.7 Å². The monoisotopic (exact) mass is 301 g/mol. The van der Waals surface area contributed by atoms with Gasteiger partial charge in [0.25, 0.3) is 0 Å². The predicted octanol–water partition coefficient (Wildman–Crippen LogP) is 1.41. The Kier molecular flexibility index (Phi) is 3.17. The first-order valence-corrected chi connectivity index (χ1v) is 6.00. The van der Waals surface area contributed by atoms with Crippen molar-refractivity contribution in [3.05, 3.63) is 22.2 Å². The lowest BCUT2D eigenvalue weighted by molar-refractivity contribution is -0.138. The van der Waals surface area contributed by atoms with Crippen LogP contribution in [0.15, 0.2) is 16.6 Å². The van der Waals surface area contributed by atoms with Crippen LogP contribution in [0, 0.1) is 0 Å². The summed E-state index contributed by atoms with van der Waals surface area (Å²) in [6.07, 6.45) is 0.254. The highest BCUT2D eigenvalue weighted by Crippen LogP contribution is 2.25. The molecule has 1 aromatic heterocycles. The number of aliphatic carboxylic acids is 1. The number of aromatic nitrogens is 2. The number of rotatable bonds is 3. The molecular weight excluding hydrogens is 294 g/mol.